The highest BCUT2D eigenvalue weighted by Crippen LogP contribution is 2.19. The first-order valence-electron chi connectivity index (χ1n) is 3.49. The average molecular weight is 148 g/mol. The number of hydrogen-bond donors (Lipinski definition) is 1. The number of hydrogen-bond acceptors (Lipinski definition) is 2. The lowest BCUT2D eigenvalue weighted by atomic mass is 10.1. The number of rotatable bonds is 1. The summed E-state index contributed by atoms with van der Waals surface area (Å²) in [6.45, 7) is 7.75. The summed E-state index contributed by atoms with van der Waals surface area (Å²) in [6.07, 6.45) is 3.44. The Hall–Kier alpha value is -1.31. The predicted molar refractivity (Wildman–Crippen MR) is 48.1 cm³/mol. The van der Waals surface area contributed by atoms with Crippen LogP contribution in [-0.2, 0) is 0 Å². The highest BCUT2D eigenvalue weighted by atomic mass is 14.7. The third-order valence-electron chi connectivity index (χ3n) is 1.71. The van der Waals surface area contributed by atoms with Crippen LogP contribution in [0, 0.1) is 6.92 Å². The summed E-state index contributed by atoms with van der Waals surface area (Å²) in [5.41, 5.74) is 9.49. The molecule has 0 spiro atoms. The van der Waals surface area contributed by atoms with Crippen molar-refractivity contribution in [1.29, 1.82) is 0 Å². The average Bonchev–Trinajstić information content (AvgIpc) is 1.94. The van der Waals surface area contributed by atoms with Gasteiger partial charge in [-0.2, -0.15) is 0 Å². The molecule has 0 saturated heterocycles. The Balaban J connectivity index is 3.27. The maximum absolute atomic E-state index is 5.65. The number of nitrogens with two attached hydrogens (primary N) is 1. The fourth-order valence-electron chi connectivity index (χ4n) is 0.972. The highest BCUT2D eigenvalue weighted by molar-refractivity contribution is 5.68. The van der Waals surface area contributed by atoms with E-state index in [0.29, 0.717) is 0 Å². The molecule has 0 radical (unpaired) electrons. The van der Waals surface area contributed by atoms with Crippen LogP contribution < -0.4 is 5.73 Å². The van der Waals surface area contributed by atoms with Gasteiger partial charge in [0.2, 0.25) is 0 Å². The number of allylic oxidation sites excluding steroid dienone is 1. The predicted octanol–water partition coefficient (Wildman–Crippen LogP) is 2.01. The molecule has 0 atom stereocenters. The molecule has 0 aliphatic rings. The van der Waals surface area contributed by atoms with Gasteiger partial charge in [0.05, 0.1) is 11.9 Å². The van der Waals surface area contributed by atoms with Gasteiger partial charge in [-0.05, 0) is 25.0 Å². The van der Waals surface area contributed by atoms with Crippen molar-refractivity contribution in [2.24, 2.45) is 0 Å². The number of anilines is 1. The molecule has 2 nitrogen and oxygen atoms in total. The minimum absolute atomic E-state index is 0.727. The second-order valence-corrected chi connectivity index (χ2v) is 2.68. The fourth-order valence-corrected chi connectivity index (χ4v) is 0.972. The summed E-state index contributed by atoms with van der Waals surface area (Å²) in [5.74, 6) is 0. The van der Waals surface area contributed by atoms with Crippen molar-refractivity contribution in [3.63, 3.8) is 0 Å². The number of nitrogen functional groups attached to an aromatic ring is 1. The van der Waals surface area contributed by atoms with Crippen molar-refractivity contribution < 1.29 is 0 Å². The lowest BCUT2D eigenvalue weighted by molar-refractivity contribution is 1.26. The van der Waals surface area contributed by atoms with E-state index >= 15 is 0 Å². The topological polar surface area (TPSA) is 38.9 Å². The van der Waals surface area contributed by atoms with E-state index in [0.717, 1.165) is 22.4 Å². The molecule has 0 saturated carbocycles. The summed E-state index contributed by atoms with van der Waals surface area (Å²) in [4.78, 5) is 3.98. The van der Waals surface area contributed by atoms with Crippen LogP contribution in [0.25, 0.3) is 5.57 Å². The van der Waals surface area contributed by atoms with E-state index in [1.54, 1.807) is 12.4 Å². The molecule has 0 bridgehead atoms. The first-order valence-corrected chi connectivity index (χ1v) is 3.49. The van der Waals surface area contributed by atoms with Gasteiger partial charge < -0.3 is 5.73 Å². The second-order valence-electron chi connectivity index (χ2n) is 2.68. The van der Waals surface area contributed by atoms with Gasteiger partial charge in [-0.25, -0.2) is 0 Å². The molecule has 0 aliphatic heterocycles. The third-order valence-corrected chi connectivity index (χ3v) is 1.71. The summed E-state index contributed by atoms with van der Waals surface area (Å²) in [6, 6.07) is 0. The summed E-state index contributed by atoms with van der Waals surface area (Å²) >= 11 is 0. The smallest absolute Gasteiger partial charge is 0.0536 e. The summed E-state index contributed by atoms with van der Waals surface area (Å²) < 4.78 is 0. The van der Waals surface area contributed by atoms with Crippen molar-refractivity contribution in [3.05, 3.63) is 30.1 Å². The number of pyridine rings is 1. The van der Waals surface area contributed by atoms with Gasteiger partial charge >= 0.3 is 0 Å². The Morgan fingerprint density at radius 3 is 2.64 bits per heavy atom. The third kappa shape index (κ3) is 1.40. The van der Waals surface area contributed by atoms with E-state index in [4.69, 9.17) is 5.73 Å². The van der Waals surface area contributed by atoms with Crippen LogP contribution in [0.2, 0.25) is 0 Å². The van der Waals surface area contributed by atoms with Crippen LogP contribution in [0.1, 0.15) is 18.1 Å². The second kappa shape index (κ2) is 2.74. The van der Waals surface area contributed by atoms with Gasteiger partial charge in [-0.1, -0.05) is 6.58 Å². The van der Waals surface area contributed by atoms with Crippen LogP contribution in [-0.4, -0.2) is 4.98 Å². The monoisotopic (exact) mass is 148 g/mol. The van der Waals surface area contributed by atoms with E-state index < -0.39 is 0 Å². The summed E-state index contributed by atoms with van der Waals surface area (Å²) in [7, 11) is 0. The molecular weight excluding hydrogens is 136 g/mol. The zero-order valence-corrected chi connectivity index (χ0v) is 6.89. The van der Waals surface area contributed by atoms with Crippen molar-refractivity contribution in [2.75, 3.05) is 5.73 Å². The van der Waals surface area contributed by atoms with Crippen molar-refractivity contribution >= 4 is 11.3 Å². The summed E-state index contributed by atoms with van der Waals surface area (Å²) in [5, 5.41) is 0. The molecule has 0 aliphatic carbocycles. The van der Waals surface area contributed by atoms with Crippen molar-refractivity contribution in [3.8, 4) is 0 Å². The molecule has 1 rings (SSSR count). The Bertz CT molecular complexity index is 290. The van der Waals surface area contributed by atoms with Gasteiger partial charge in [0, 0.05) is 11.8 Å². The minimum Gasteiger partial charge on any atom is -0.397 e. The van der Waals surface area contributed by atoms with Gasteiger partial charge in [-0.15, -0.1) is 0 Å². The molecular formula is C9H12N2. The van der Waals surface area contributed by atoms with Crippen molar-refractivity contribution in [2.45, 2.75) is 13.8 Å². The first kappa shape index (κ1) is 7.79. The molecule has 1 aromatic rings. The van der Waals surface area contributed by atoms with Crippen LogP contribution in [0.3, 0.4) is 0 Å². The molecule has 1 aromatic heterocycles. The fraction of sp³-hybridized carbons (Fsp3) is 0.222. The van der Waals surface area contributed by atoms with Crippen LogP contribution in [0.15, 0.2) is 19.0 Å². The molecule has 0 unspecified atom stereocenters. The quantitative estimate of drug-likeness (QED) is 0.661. The normalized spacial score (nSPS) is 9.64. The van der Waals surface area contributed by atoms with Crippen LogP contribution in [0.4, 0.5) is 5.69 Å². The van der Waals surface area contributed by atoms with E-state index in [9.17, 15) is 0 Å². The molecule has 58 valence electrons. The number of nitrogens with zero attached hydrogens (tertiary/aromatic N) is 1. The SMILES string of the molecule is C=C(C)c1cncc(N)c1C. The van der Waals surface area contributed by atoms with Crippen LogP contribution >= 0.6 is 0 Å². The van der Waals surface area contributed by atoms with Gasteiger partial charge in [0.25, 0.3) is 0 Å². The van der Waals surface area contributed by atoms with Gasteiger partial charge in [-0.3, -0.25) is 4.98 Å². The zero-order chi connectivity index (χ0) is 8.43. The maximum Gasteiger partial charge on any atom is 0.0536 e. The van der Waals surface area contributed by atoms with E-state index in [2.05, 4.69) is 11.6 Å². The standard InChI is InChI=1S/C9H12N2/c1-6(2)8-4-11-5-9(10)7(8)3/h4-5H,1,10H2,2-3H3. The Labute approximate surface area is 66.8 Å². The molecule has 0 amide bonds. The lowest BCUT2D eigenvalue weighted by Crippen LogP contribution is -1.94. The Morgan fingerprint density at radius 2 is 2.18 bits per heavy atom. The molecule has 0 fully saturated rings. The van der Waals surface area contributed by atoms with E-state index in [1.165, 1.54) is 0 Å². The molecule has 2 N–H and O–H groups in total. The Morgan fingerprint density at radius 1 is 1.55 bits per heavy atom. The molecule has 1 heterocycles. The molecule has 0 aromatic carbocycles. The largest absolute Gasteiger partial charge is 0.397 e. The minimum atomic E-state index is 0.727. The van der Waals surface area contributed by atoms with Gasteiger partial charge in [0.1, 0.15) is 0 Å². The molecule has 2 heteroatoms. The Kier molecular flexibility index (Phi) is 1.94. The van der Waals surface area contributed by atoms with Crippen LogP contribution in [0.5, 0.6) is 0 Å². The van der Waals surface area contributed by atoms with E-state index in [-0.39, 0.29) is 0 Å². The van der Waals surface area contributed by atoms with Crippen molar-refractivity contribution in [1.82, 2.24) is 4.98 Å². The van der Waals surface area contributed by atoms with Gasteiger partial charge in [0.15, 0.2) is 0 Å². The highest BCUT2D eigenvalue weighted by Gasteiger charge is 2.00. The zero-order valence-electron chi connectivity index (χ0n) is 6.89. The molecule has 11 heavy (non-hydrogen) atoms. The van der Waals surface area contributed by atoms with E-state index in [1.807, 2.05) is 13.8 Å². The maximum atomic E-state index is 5.65. The number of aromatic nitrogens is 1. The first-order chi connectivity index (χ1) is 5.13. The lowest BCUT2D eigenvalue weighted by Gasteiger charge is -2.05.